The fraction of sp³-hybridized carbons (Fsp3) is 0.500. The lowest BCUT2D eigenvalue weighted by molar-refractivity contribution is -0.128. The van der Waals surface area contributed by atoms with Crippen molar-refractivity contribution >= 4 is 16.1 Å². The third-order valence-corrected chi connectivity index (χ3v) is 4.79. The van der Waals surface area contributed by atoms with E-state index in [4.69, 9.17) is 14.2 Å². The lowest BCUT2D eigenvalue weighted by atomic mass is 10.1. The summed E-state index contributed by atoms with van der Waals surface area (Å²) in [5.74, 6) is 0.840. The third kappa shape index (κ3) is 3.66. The molecule has 9 heteroatoms. The second-order valence-corrected chi connectivity index (χ2v) is 6.73. The Balaban J connectivity index is 2.25. The first-order valence-corrected chi connectivity index (χ1v) is 8.25. The summed E-state index contributed by atoms with van der Waals surface area (Å²) in [6.07, 6.45) is -0.344. The maximum absolute atomic E-state index is 13.1. The molecule has 1 fully saturated rings. The van der Waals surface area contributed by atoms with Gasteiger partial charge in [-0.15, -0.1) is 3.89 Å². The number of rotatable bonds is 6. The normalized spacial score (nSPS) is 18.2. The van der Waals surface area contributed by atoms with Crippen molar-refractivity contribution in [2.24, 2.45) is 0 Å². The average molecular weight is 347 g/mol. The van der Waals surface area contributed by atoms with Crippen LogP contribution in [0.4, 0.5) is 3.89 Å². The van der Waals surface area contributed by atoms with Gasteiger partial charge in [0.1, 0.15) is 5.25 Å². The van der Waals surface area contributed by atoms with Crippen LogP contribution in [0.1, 0.15) is 12.0 Å². The Hall–Kier alpha value is -2.03. The van der Waals surface area contributed by atoms with Crippen LogP contribution in [0.3, 0.4) is 0 Å². The van der Waals surface area contributed by atoms with Crippen LogP contribution in [-0.2, 0) is 21.6 Å². The first-order chi connectivity index (χ1) is 10.8. The summed E-state index contributed by atoms with van der Waals surface area (Å²) in [4.78, 5) is 13.2. The van der Waals surface area contributed by atoms with Crippen LogP contribution in [0.2, 0.25) is 0 Å². The maximum atomic E-state index is 13.1. The highest BCUT2D eigenvalue weighted by atomic mass is 32.3. The van der Waals surface area contributed by atoms with E-state index in [1.54, 1.807) is 12.1 Å². The highest BCUT2D eigenvalue weighted by Gasteiger charge is 2.38. The van der Waals surface area contributed by atoms with Gasteiger partial charge in [-0.25, -0.2) is 0 Å². The Morgan fingerprint density at radius 1 is 1.17 bits per heavy atom. The number of hydrogen-bond acceptors (Lipinski definition) is 6. The molecule has 1 atom stereocenters. The van der Waals surface area contributed by atoms with Gasteiger partial charge in [0.05, 0.1) is 21.3 Å². The molecular weight excluding hydrogens is 329 g/mol. The Kier molecular flexibility index (Phi) is 4.98. The third-order valence-electron chi connectivity index (χ3n) is 3.68. The van der Waals surface area contributed by atoms with Gasteiger partial charge in [-0.1, -0.05) is 0 Å². The molecule has 1 aliphatic heterocycles. The van der Waals surface area contributed by atoms with Crippen molar-refractivity contribution in [3.63, 3.8) is 0 Å². The van der Waals surface area contributed by atoms with Gasteiger partial charge >= 0.3 is 10.2 Å². The van der Waals surface area contributed by atoms with Crippen molar-refractivity contribution in [2.45, 2.75) is 18.2 Å². The van der Waals surface area contributed by atoms with E-state index in [1.165, 1.54) is 26.2 Å². The van der Waals surface area contributed by atoms with E-state index in [-0.39, 0.29) is 19.5 Å². The van der Waals surface area contributed by atoms with Crippen molar-refractivity contribution in [2.75, 3.05) is 27.9 Å². The minimum atomic E-state index is -4.73. The lowest BCUT2D eigenvalue weighted by Crippen LogP contribution is -2.26. The van der Waals surface area contributed by atoms with Crippen LogP contribution < -0.4 is 14.2 Å². The molecule has 1 aromatic carbocycles. The number of hydrogen-bond donors (Lipinski definition) is 0. The molecule has 23 heavy (non-hydrogen) atoms. The minimum absolute atomic E-state index is 0.127. The number of likely N-dealkylation sites (tertiary alicyclic amines) is 1. The van der Waals surface area contributed by atoms with Gasteiger partial charge in [0.15, 0.2) is 11.5 Å². The van der Waals surface area contributed by atoms with Crippen molar-refractivity contribution in [1.29, 1.82) is 0 Å². The monoisotopic (exact) mass is 347 g/mol. The summed E-state index contributed by atoms with van der Waals surface area (Å²) in [5, 5.41) is -1.31. The molecule has 0 aliphatic carbocycles. The summed E-state index contributed by atoms with van der Waals surface area (Å²) in [7, 11) is -0.324. The molecule has 0 radical (unpaired) electrons. The second-order valence-electron chi connectivity index (χ2n) is 5.11. The zero-order chi connectivity index (χ0) is 17.2. The predicted molar refractivity (Wildman–Crippen MR) is 79.9 cm³/mol. The van der Waals surface area contributed by atoms with Gasteiger partial charge in [-0.2, -0.15) is 8.42 Å². The number of halogens is 1. The molecule has 1 heterocycles. The van der Waals surface area contributed by atoms with E-state index in [2.05, 4.69) is 0 Å². The summed E-state index contributed by atoms with van der Waals surface area (Å²) in [5.41, 5.74) is 0.657. The number of methoxy groups -OCH3 is 3. The molecule has 1 aromatic rings. The highest BCUT2D eigenvalue weighted by Crippen LogP contribution is 2.38. The van der Waals surface area contributed by atoms with E-state index in [1.807, 2.05) is 0 Å². The molecule has 0 bridgehead atoms. The molecule has 0 spiro atoms. The van der Waals surface area contributed by atoms with E-state index in [0.29, 0.717) is 22.8 Å². The van der Waals surface area contributed by atoms with Crippen LogP contribution in [0, 0.1) is 0 Å². The van der Waals surface area contributed by atoms with Crippen LogP contribution in [-0.4, -0.2) is 52.3 Å². The molecule has 128 valence electrons. The van der Waals surface area contributed by atoms with Crippen LogP contribution in [0.5, 0.6) is 17.2 Å². The lowest BCUT2D eigenvalue weighted by Gasteiger charge is -2.19. The van der Waals surface area contributed by atoms with Gasteiger partial charge in [-0.3, -0.25) is 4.79 Å². The molecule has 7 nitrogen and oxygen atoms in total. The Labute approximate surface area is 134 Å². The first-order valence-electron chi connectivity index (χ1n) is 6.80. The van der Waals surface area contributed by atoms with Gasteiger partial charge in [0.2, 0.25) is 11.7 Å². The fourth-order valence-corrected chi connectivity index (χ4v) is 3.22. The average Bonchev–Trinajstić information content (AvgIpc) is 2.87. The molecule has 0 aromatic heterocycles. The van der Waals surface area contributed by atoms with E-state index < -0.39 is 21.4 Å². The Morgan fingerprint density at radius 3 is 2.13 bits per heavy atom. The van der Waals surface area contributed by atoms with Crippen molar-refractivity contribution in [1.82, 2.24) is 4.90 Å². The standard InChI is InChI=1S/C14H18FNO6S/c1-20-11-4-9(5-12(21-2)14(11)22-3)7-16-8-10(6-13(16)17)23(15,18)19/h4-5,10H,6-8H2,1-3H3. The van der Waals surface area contributed by atoms with Crippen molar-refractivity contribution in [3.05, 3.63) is 17.7 Å². The number of nitrogens with zero attached hydrogens (tertiary/aromatic N) is 1. The summed E-state index contributed by atoms with van der Waals surface area (Å²) in [6, 6.07) is 3.32. The largest absolute Gasteiger partial charge is 0.493 e. The summed E-state index contributed by atoms with van der Waals surface area (Å²) >= 11 is 0. The van der Waals surface area contributed by atoms with Crippen molar-refractivity contribution < 1.29 is 31.3 Å². The number of carbonyl (C=O) groups is 1. The second kappa shape index (κ2) is 6.61. The minimum Gasteiger partial charge on any atom is -0.493 e. The quantitative estimate of drug-likeness (QED) is 0.717. The SMILES string of the molecule is COc1cc(CN2CC(S(=O)(=O)F)CC2=O)cc(OC)c1OC. The van der Waals surface area contributed by atoms with E-state index in [9.17, 15) is 17.1 Å². The Morgan fingerprint density at radius 2 is 1.74 bits per heavy atom. The predicted octanol–water partition coefficient (Wildman–Crippen LogP) is 1.11. The molecule has 0 N–H and O–H groups in total. The molecule has 0 saturated carbocycles. The molecule has 1 amide bonds. The summed E-state index contributed by atoms with van der Waals surface area (Å²) in [6.45, 7) is -0.0457. The van der Waals surface area contributed by atoms with Gasteiger partial charge < -0.3 is 19.1 Å². The van der Waals surface area contributed by atoms with Crippen LogP contribution in [0.25, 0.3) is 0 Å². The fourth-order valence-electron chi connectivity index (χ4n) is 2.52. The topological polar surface area (TPSA) is 82.1 Å². The molecule has 1 unspecified atom stereocenters. The maximum Gasteiger partial charge on any atom is 0.307 e. The number of ether oxygens (including phenoxy) is 3. The summed E-state index contributed by atoms with van der Waals surface area (Å²) < 4.78 is 50.6. The zero-order valence-corrected chi connectivity index (χ0v) is 13.9. The van der Waals surface area contributed by atoms with E-state index in [0.717, 1.165) is 0 Å². The number of amides is 1. The van der Waals surface area contributed by atoms with Crippen LogP contribution >= 0.6 is 0 Å². The smallest absolute Gasteiger partial charge is 0.307 e. The highest BCUT2D eigenvalue weighted by molar-refractivity contribution is 7.87. The number of carbonyl (C=O) groups excluding carboxylic acids is 1. The van der Waals surface area contributed by atoms with Gasteiger partial charge in [-0.05, 0) is 17.7 Å². The molecule has 2 rings (SSSR count). The van der Waals surface area contributed by atoms with E-state index >= 15 is 0 Å². The number of benzene rings is 1. The van der Waals surface area contributed by atoms with Gasteiger partial charge in [0, 0.05) is 19.5 Å². The zero-order valence-electron chi connectivity index (χ0n) is 13.0. The Bertz CT molecular complexity index is 680. The first kappa shape index (κ1) is 17.3. The van der Waals surface area contributed by atoms with Gasteiger partial charge in [0.25, 0.3) is 0 Å². The molecular formula is C14H18FNO6S. The van der Waals surface area contributed by atoms with Crippen LogP contribution in [0.15, 0.2) is 12.1 Å². The molecule has 1 aliphatic rings. The van der Waals surface area contributed by atoms with Crippen molar-refractivity contribution in [3.8, 4) is 17.2 Å². The molecule has 1 saturated heterocycles.